The predicted molar refractivity (Wildman–Crippen MR) is 61.7 cm³/mol. The van der Waals surface area contributed by atoms with E-state index >= 15 is 0 Å². The van der Waals surface area contributed by atoms with Gasteiger partial charge in [-0.1, -0.05) is 18.5 Å². The van der Waals surface area contributed by atoms with Crippen molar-refractivity contribution in [1.82, 2.24) is 0 Å². The Hall–Kier alpha value is -1.48. The van der Waals surface area contributed by atoms with E-state index in [9.17, 15) is 4.79 Å². The van der Waals surface area contributed by atoms with Gasteiger partial charge in [-0.05, 0) is 30.2 Å². The molecule has 2 aromatic rings. The van der Waals surface area contributed by atoms with E-state index in [1.165, 1.54) is 0 Å². The first-order valence-corrected chi connectivity index (χ1v) is 5.34. The van der Waals surface area contributed by atoms with E-state index in [4.69, 9.17) is 21.1 Å². The highest BCUT2D eigenvalue weighted by atomic mass is 35.5. The zero-order chi connectivity index (χ0) is 11.7. The molecule has 1 unspecified atom stereocenters. The Labute approximate surface area is 97.6 Å². The van der Waals surface area contributed by atoms with Crippen LogP contribution in [-0.2, 0) is 11.2 Å². The quantitative estimate of drug-likeness (QED) is 0.892. The second kappa shape index (κ2) is 4.18. The zero-order valence-electron chi connectivity index (χ0n) is 8.74. The van der Waals surface area contributed by atoms with Crippen molar-refractivity contribution < 1.29 is 14.3 Å². The van der Waals surface area contributed by atoms with Crippen molar-refractivity contribution in [3.8, 4) is 0 Å². The molecule has 1 aromatic heterocycles. The summed E-state index contributed by atoms with van der Waals surface area (Å²) in [5.41, 5.74) is 1.56. The molecule has 0 fully saturated rings. The largest absolute Gasteiger partial charge is 0.481 e. The lowest BCUT2D eigenvalue weighted by Crippen LogP contribution is -2.12. The number of fused-ring (bicyclic) bond motifs is 1. The summed E-state index contributed by atoms with van der Waals surface area (Å²) in [4.78, 5) is 10.8. The number of halogens is 1. The summed E-state index contributed by atoms with van der Waals surface area (Å²) in [7, 11) is 0. The fourth-order valence-electron chi connectivity index (χ4n) is 1.68. The van der Waals surface area contributed by atoms with Crippen molar-refractivity contribution in [2.24, 2.45) is 5.92 Å². The molecule has 0 bridgehead atoms. The molecular weight excluding hydrogens is 228 g/mol. The number of furan rings is 1. The molecule has 0 radical (unpaired) electrons. The van der Waals surface area contributed by atoms with Crippen molar-refractivity contribution in [3.05, 3.63) is 35.0 Å². The second-order valence-corrected chi connectivity index (χ2v) is 4.28. The molecule has 1 aromatic carbocycles. The lowest BCUT2D eigenvalue weighted by atomic mass is 10.00. The summed E-state index contributed by atoms with van der Waals surface area (Å²) in [5, 5.41) is 10.4. The molecule has 1 heterocycles. The van der Waals surface area contributed by atoms with Crippen molar-refractivity contribution >= 4 is 28.5 Å². The van der Waals surface area contributed by atoms with Crippen molar-refractivity contribution in [1.29, 1.82) is 0 Å². The van der Waals surface area contributed by atoms with Crippen LogP contribution in [-0.4, -0.2) is 11.1 Å². The van der Waals surface area contributed by atoms with Gasteiger partial charge < -0.3 is 9.52 Å². The number of benzene rings is 1. The molecule has 1 atom stereocenters. The van der Waals surface area contributed by atoms with Crippen LogP contribution in [0.2, 0.25) is 5.02 Å². The van der Waals surface area contributed by atoms with Gasteiger partial charge in [0, 0.05) is 10.4 Å². The van der Waals surface area contributed by atoms with Gasteiger partial charge in [-0.3, -0.25) is 4.79 Å². The average molecular weight is 239 g/mol. The molecule has 0 amide bonds. The molecule has 2 rings (SSSR count). The van der Waals surface area contributed by atoms with E-state index in [1.54, 1.807) is 25.3 Å². The highest BCUT2D eigenvalue weighted by Gasteiger charge is 2.15. The van der Waals surface area contributed by atoms with E-state index in [1.807, 2.05) is 6.07 Å². The fraction of sp³-hybridized carbons (Fsp3) is 0.250. The lowest BCUT2D eigenvalue weighted by Gasteiger charge is -2.07. The highest BCUT2D eigenvalue weighted by Crippen LogP contribution is 2.26. The van der Waals surface area contributed by atoms with Gasteiger partial charge in [0.1, 0.15) is 5.58 Å². The molecular formula is C12H11ClO3. The van der Waals surface area contributed by atoms with Crippen LogP contribution >= 0.6 is 11.6 Å². The third-order valence-electron chi connectivity index (χ3n) is 2.54. The standard InChI is InChI=1S/C12H11ClO3/c1-7(12(14)15)4-9-6-10(13)5-8-2-3-16-11(8)9/h2-3,5-7H,4H2,1H3,(H,14,15). The van der Waals surface area contributed by atoms with Crippen LogP contribution in [0.1, 0.15) is 12.5 Å². The minimum absolute atomic E-state index is 0.417. The van der Waals surface area contributed by atoms with Crippen molar-refractivity contribution in [3.63, 3.8) is 0 Å². The summed E-state index contributed by atoms with van der Waals surface area (Å²) in [6.07, 6.45) is 2.00. The number of carboxylic acids is 1. The van der Waals surface area contributed by atoms with Gasteiger partial charge in [-0.15, -0.1) is 0 Å². The minimum atomic E-state index is -0.820. The molecule has 1 N–H and O–H groups in total. The van der Waals surface area contributed by atoms with Gasteiger partial charge in [0.15, 0.2) is 0 Å². The number of hydrogen-bond donors (Lipinski definition) is 1. The van der Waals surface area contributed by atoms with Gasteiger partial charge in [0.05, 0.1) is 12.2 Å². The third-order valence-corrected chi connectivity index (χ3v) is 2.76. The normalized spacial score (nSPS) is 12.9. The molecule has 4 heteroatoms. The first kappa shape index (κ1) is 11.0. The summed E-state index contributed by atoms with van der Waals surface area (Å²) in [6, 6.07) is 5.37. The molecule has 0 spiro atoms. The maximum absolute atomic E-state index is 10.8. The SMILES string of the molecule is CC(Cc1cc(Cl)cc2ccoc12)C(=O)O. The molecule has 0 aliphatic heterocycles. The van der Waals surface area contributed by atoms with E-state index in [2.05, 4.69) is 0 Å². The van der Waals surface area contributed by atoms with Crippen LogP contribution in [0.4, 0.5) is 0 Å². The summed E-state index contributed by atoms with van der Waals surface area (Å²) < 4.78 is 5.33. The molecule has 16 heavy (non-hydrogen) atoms. The van der Waals surface area contributed by atoms with Crippen LogP contribution in [0.3, 0.4) is 0 Å². The zero-order valence-corrected chi connectivity index (χ0v) is 9.49. The third kappa shape index (κ3) is 2.04. The van der Waals surface area contributed by atoms with Crippen molar-refractivity contribution in [2.75, 3.05) is 0 Å². The molecule has 0 saturated heterocycles. The van der Waals surface area contributed by atoms with Crippen LogP contribution in [0.5, 0.6) is 0 Å². The van der Waals surface area contributed by atoms with Crippen LogP contribution in [0.25, 0.3) is 11.0 Å². The Balaban J connectivity index is 2.42. The smallest absolute Gasteiger partial charge is 0.306 e. The molecule has 0 saturated carbocycles. The van der Waals surface area contributed by atoms with Crippen molar-refractivity contribution in [2.45, 2.75) is 13.3 Å². The average Bonchev–Trinajstić information content (AvgIpc) is 2.65. The van der Waals surface area contributed by atoms with Gasteiger partial charge in [-0.25, -0.2) is 0 Å². The summed E-state index contributed by atoms with van der Waals surface area (Å²) in [6.45, 7) is 1.66. The maximum atomic E-state index is 10.8. The maximum Gasteiger partial charge on any atom is 0.306 e. The van der Waals surface area contributed by atoms with Gasteiger partial charge in [-0.2, -0.15) is 0 Å². The van der Waals surface area contributed by atoms with Gasteiger partial charge in [0.2, 0.25) is 0 Å². The Morgan fingerprint density at radius 2 is 2.31 bits per heavy atom. The first-order chi connectivity index (χ1) is 7.58. The molecule has 0 aliphatic rings. The number of hydrogen-bond acceptors (Lipinski definition) is 2. The van der Waals surface area contributed by atoms with E-state index in [0.717, 1.165) is 16.5 Å². The minimum Gasteiger partial charge on any atom is -0.481 e. The summed E-state index contributed by atoms with van der Waals surface area (Å²) >= 11 is 5.95. The van der Waals surface area contributed by atoms with Gasteiger partial charge >= 0.3 is 5.97 Å². The number of aliphatic carboxylic acids is 1. The Morgan fingerprint density at radius 1 is 1.56 bits per heavy atom. The number of carbonyl (C=O) groups is 1. The predicted octanol–water partition coefficient (Wildman–Crippen LogP) is 3.35. The van der Waals surface area contributed by atoms with E-state index < -0.39 is 11.9 Å². The highest BCUT2D eigenvalue weighted by molar-refractivity contribution is 6.31. The first-order valence-electron chi connectivity index (χ1n) is 4.96. The van der Waals surface area contributed by atoms with E-state index in [-0.39, 0.29) is 0 Å². The second-order valence-electron chi connectivity index (χ2n) is 3.85. The lowest BCUT2D eigenvalue weighted by molar-refractivity contribution is -0.141. The van der Waals surface area contributed by atoms with Gasteiger partial charge in [0.25, 0.3) is 0 Å². The van der Waals surface area contributed by atoms with Crippen LogP contribution in [0, 0.1) is 5.92 Å². The molecule has 3 nitrogen and oxygen atoms in total. The molecule has 0 aliphatic carbocycles. The number of carboxylic acid groups (broad SMARTS) is 1. The molecule has 84 valence electrons. The topological polar surface area (TPSA) is 50.4 Å². The Morgan fingerprint density at radius 3 is 3.00 bits per heavy atom. The Bertz CT molecular complexity index is 530. The van der Waals surface area contributed by atoms with E-state index in [0.29, 0.717) is 11.4 Å². The monoisotopic (exact) mass is 238 g/mol. The van der Waals surface area contributed by atoms with Crippen LogP contribution < -0.4 is 0 Å². The fourth-order valence-corrected chi connectivity index (χ4v) is 1.93. The Kier molecular flexibility index (Phi) is 2.88. The number of rotatable bonds is 3. The summed E-state index contributed by atoms with van der Waals surface area (Å²) in [5.74, 6) is -1.27. The van der Waals surface area contributed by atoms with Crippen LogP contribution in [0.15, 0.2) is 28.9 Å².